The highest BCUT2D eigenvalue weighted by molar-refractivity contribution is 5.63. The van der Waals surface area contributed by atoms with Crippen LogP contribution in [0, 0.1) is 6.92 Å². The molecule has 3 aromatic rings. The molecule has 0 aliphatic carbocycles. The van der Waals surface area contributed by atoms with E-state index in [0.29, 0.717) is 17.5 Å². The van der Waals surface area contributed by atoms with E-state index in [2.05, 4.69) is 20.1 Å². The molecule has 6 heteroatoms. The minimum atomic E-state index is 0.414. The lowest BCUT2D eigenvalue weighted by Gasteiger charge is -1.97. The Balaban J connectivity index is 2.03. The Bertz CT molecular complexity index is 722. The van der Waals surface area contributed by atoms with Crippen molar-refractivity contribution in [3.63, 3.8) is 0 Å². The van der Waals surface area contributed by atoms with E-state index in [1.807, 2.05) is 13.0 Å². The number of aromatic nitrogens is 4. The fraction of sp³-hybridized carbons (Fsp3) is 0.0769. The van der Waals surface area contributed by atoms with Crippen LogP contribution < -0.4 is 5.73 Å². The summed E-state index contributed by atoms with van der Waals surface area (Å²) in [6, 6.07) is 5.31. The summed E-state index contributed by atoms with van der Waals surface area (Å²) in [7, 11) is 0. The maximum atomic E-state index is 5.63. The standard InChI is InChI=1S/C13H11N5O/c1-8-7-15-4-3-10(8)12-17-13(19-18-12)9-2-5-16-11(14)6-9/h2-7H,1H3,(H2,14,16). The second-order valence-corrected chi connectivity index (χ2v) is 4.08. The van der Waals surface area contributed by atoms with Crippen molar-refractivity contribution in [3.05, 3.63) is 42.4 Å². The molecule has 0 aliphatic rings. The Hall–Kier alpha value is -2.76. The van der Waals surface area contributed by atoms with E-state index >= 15 is 0 Å². The molecule has 0 aliphatic heterocycles. The van der Waals surface area contributed by atoms with Crippen molar-refractivity contribution in [2.75, 3.05) is 5.73 Å². The normalized spacial score (nSPS) is 10.6. The highest BCUT2D eigenvalue weighted by Crippen LogP contribution is 2.24. The molecule has 0 unspecified atom stereocenters. The molecule has 0 bridgehead atoms. The Morgan fingerprint density at radius 3 is 2.89 bits per heavy atom. The third kappa shape index (κ3) is 2.15. The molecular weight excluding hydrogens is 242 g/mol. The van der Waals surface area contributed by atoms with Gasteiger partial charge >= 0.3 is 0 Å². The highest BCUT2D eigenvalue weighted by Gasteiger charge is 2.12. The van der Waals surface area contributed by atoms with E-state index in [1.54, 1.807) is 30.7 Å². The molecule has 3 aromatic heterocycles. The van der Waals surface area contributed by atoms with Crippen molar-refractivity contribution in [2.45, 2.75) is 6.92 Å². The Labute approximate surface area is 109 Å². The molecule has 0 saturated carbocycles. The molecule has 19 heavy (non-hydrogen) atoms. The summed E-state index contributed by atoms with van der Waals surface area (Å²) >= 11 is 0. The summed E-state index contributed by atoms with van der Waals surface area (Å²) in [6.07, 6.45) is 5.06. The van der Waals surface area contributed by atoms with Gasteiger partial charge in [-0.15, -0.1) is 0 Å². The molecule has 0 amide bonds. The van der Waals surface area contributed by atoms with Crippen LogP contribution in [0.15, 0.2) is 41.3 Å². The third-order valence-electron chi connectivity index (χ3n) is 2.72. The highest BCUT2D eigenvalue weighted by atomic mass is 16.5. The van der Waals surface area contributed by atoms with E-state index in [0.717, 1.165) is 16.7 Å². The summed E-state index contributed by atoms with van der Waals surface area (Å²) in [6.45, 7) is 1.95. The molecule has 2 N–H and O–H groups in total. The first-order valence-corrected chi connectivity index (χ1v) is 5.70. The lowest BCUT2D eigenvalue weighted by molar-refractivity contribution is 0.432. The summed E-state index contributed by atoms with van der Waals surface area (Å²) in [4.78, 5) is 12.3. The van der Waals surface area contributed by atoms with Crippen LogP contribution in [0.25, 0.3) is 22.8 Å². The first-order chi connectivity index (χ1) is 9.24. The zero-order valence-electron chi connectivity index (χ0n) is 10.2. The Kier molecular flexibility index (Phi) is 2.68. The molecule has 94 valence electrons. The summed E-state index contributed by atoms with van der Waals surface area (Å²) < 4.78 is 5.25. The fourth-order valence-corrected chi connectivity index (χ4v) is 1.76. The van der Waals surface area contributed by atoms with Gasteiger partial charge in [-0.3, -0.25) is 4.98 Å². The number of hydrogen-bond donors (Lipinski definition) is 1. The van der Waals surface area contributed by atoms with E-state index in [1.165, 1.54) is 0 Å². The summed E-state index contributed by atoms with van der Waals surface area (Å²) in [5, 5.41) is 3.98. The van der Waals surface area contributed by atoms with Gasteiger partial charge in [-0.2, -0.15) is 4.98 Å². The van der Waals surface area contributed by atoms with Gasteiger partial charge in [0.1, 0.15) is 5.82 Å². The van der Waals surface area contributed by atoms with E-state index in [9.17, 15) is 0 Å². The molecule has 0 saturated heterocycles. The third-order valence-corrected chi connectivity index (χ3v) is 2.72. The average Bonchev–Trinajstić information content (AvgIpc) is 2.89. The number of hydrogen-bond acceptors (Lipinski definition) is 6. The largest absolute Gasteiger partial charge is 0.384 e. The van der Waals surface area contributed by atoms with E-state index in [4.69, 9.17) is 10.3 Å². The van der Waals surface area contributed by atoms with Gasteiger partial charge in [-0.05, 0) is 30.7 Å². The SMILES string of the molecule is Cc1cnccc1-c1noc(-c2ccnc(N)c2)n1. The van der Waals surface area contributed by atoms with Crippen LogP contribution in [0.2, 0.25) is 0 Å². The topological polar surface area (TPSA) is 90.7 Å². The lowest BCUT2D eigenvalue weighted by atomic mass is 10.1. The molecular formula is C13H11N5O. The number of pyridine rings is 2. The van der Waals surface area contributed by atoms with Gasteiger partial charge in [0, 0.05) is 29.7 Å². The van der Waals surface area contributed by atoms with Gasteiger partial charge in [-0.1, -0.05) is 5.16 Å². The molecule has 0 radical (unpaired) electrons. The number of nitrogen functional groups attached to an aromatic ring is 1. The van der Waals surface area contributed by atoms with Crippen LogP contribution in [0.4, 0.5) is 5.82 Å². The second-order valence-electron chi connectivity index (χ2n) is 4.08. The minimum Gasteiger partial charge on any atom is -0.384 e. The number of nitrogens with two attached hydrogens (primary N) is 1. The first kappa shape index (κ1) is 11.3. The van der Waals surface area contributed by atoms with E-state index < -0.39 is 0 Å². The quantitative estimate of drug-likeness (QED) is 0.751. The molecule has 6 nitrogen and oxygen atoms in total. The number of aryl methyl sites for hydroxylation is 1. The van der Waals surface area contributed by atoms with Crippen LogP contribution >= 0.6 is 0 Å². The Morgan fingerprint density at radius 2 is 2.11 bits per heavy atom. The zero-order chi connectivity index (χ0) is 13.2. The summed E-state index contributed by atoms with van der Waals surface area (Å²) in [5.74, 6) is 1.36. The van der Waals surface area contributed by atoms with Gasteiger partial charge in [0.2, 0.25) is 5.82 Å². The van der Waals surface area contributed by atoms with E-state index in [-0.39, 0.29) is 0 Å². The Morgan fingerprint density at radius 1 is 1.21 bits per heavy atom. The molecule has 3 heterocycles. The van der Waals surface area contributed by atoms with Crippen molar-refractivity contribution in [1.29, 1.82) is 0 Å². The van der Waals surface area contributed by atoms with Crippen LogP contribution in [-0.4, -0.2) is 20.1 Å². The van der Waals surface area contributed by atoms with Crippen LogP contribution in [0.3, 0.4) is 0 Å². The summed E-state index contributed by atoms with van der Waals surface area (Å²) in [5.41, 5.74) is 8.26. The predicted molar refractivity (Wildman–Crippen MR) is 69.9 cm³/mol. The predicted octanol–water partition coefficient (Wildman–Crippen LogP) is 2.08. The van der Waals surface area contributed by atoms with Gasteiger partial charge in [-0.25, -0.2) is 4.98 Å². The maximum Gasteiger partial charge on any atom is 0.258 e. The molecule has 3 rings (SSSR count). The fourth-order valence-electron chi connectivity index (χ4n) is 1.76. The van der Waals surface area contributed by atoms with Crippen molar-refractivity contribution in [2.24, 2.45) is 0 Å². The van der Waals surface area contributed by atoms with Crippen LogP contribution in [-0.2, 0) is 0 Å². The van der Waals surface area contributed by atoms with Gasteiger partial charge in [0.25, 0.3) is 5.89 Å². The van der Waals surface area contributed by atoms with Gasteiger partial charge in [0.05, 0.1) is 0 Å². The number of rotatable bonds is 2. The number of nitrogens with zero attached hydrogens (tertiary/aromatic N) is 4. The molecule has 0 spiro atoms. The number of anilines is 1. The average molecular weight is 253 g/mol. The van der Waals surface area contributed by atoms with Crippen LogP contribution in [0.5, 0.6) is 0 Å². The zero-order valence-corrected chi connectivity index (χ0v) is 10.2. The molecule has 0 fully saturated rings. The monoisotopic (exact) mass is 253 g/mol. The van der Waals surface area contributed by atoms with Crippen molar-refractivity contribution in [1.82, 2.24) is 20.1 Å². The van der Waals surface area contributed by atoms with Gasteiger partial charge in [0.15, 0.2) is 0 Å². The molecule has 0 atom stereocenters. The minimum absolute atomic E-state index is 0.414. The van der Waals surface area contributed by atoms with Gasteiger partial charge < -0.3 is 10.3 Å². The van der Waals surface area contributed by atoms with Crippen molar-refractivity contribution < 1.29 is 4.52 Å². The van der Waals surface area contributed by atoms with Crippen molar-refractivity contribution >= 4 is 5.82 Å². The van der Waals surface area contributed by atoms with Crippen molar-refractivity contribution in [3.8, 4) is 22.8 Å². The lowest BCUT2D eigenvalue weighted by Crippen LogP contribution is -1.90. The second kappa shape index (κ2) is 4.49. The van der Waals surface area contributed by atoms with Crippen LogP contribution in [0.1, 0.15) is 5.56 Å². The maximum absolute atomic E-state index is 5.63. The first-order valence-electron chi connectivity index (χ1n) is 5.70. The smallest absolute Gasteiger partial charge is 0.258 e. The molecule has 0 aromatic carbocycles.